The van der Waals surface area contributed by atoms with Crippen molar-refractivity contribution in [2.75, 3.05) is 0 Å². The Labute approximate surface area is 112 Å². The molecule has 0 aliphatic rings. The lowest BCUT2D eigenvalue weighted by atomic mass is 10.0. The van der Waals surface area contributed by atoms with Gasteiger partial charge in [0.2, 0.25) is 0 Å². The van der Waals surface area contributed by atoms with Gasteiger partial charge < -0.3 is 5.11 Å². The molecule has 2 rings (SSSR count). The van der Waals surface area contributed by atoms with Gasteiger partial charge in [-0.2, -0.15) is 0 Å². The fourth-order valence-electron chi connectivity index (χ4n) is 1.58. The van der Waals surface area contributed by atoms with Gasteiger partial charge in [-0.25, -0.2) is 4.39 Å². The Morgan fingerprint density at radius 3 is 2.65 bits per heavy atom. The summed E-state index contributed by atoms with van der Waals surface area (Å²) in [7, 11) is 0. The molecule has 0 saturated carbocycles. The molecule has 1 unspecified atom stereocenters. The lowest BCUT2D eigenvalue weighted by Crippen LogP contribution is -2.01. The van der Waals surface area contributed by atoms with E-state index >= 15 is 0 Å². The van der Waals surface area contributed by atoms with Crippen molar-refractivity contribution in [3.63, 3.8) is 0 Å². The first kappa shape index (κ1) is 12.6. The van der Waals surface area contributed by atoms with E-state index in [1.165, 1.54) is 12.1 Å². The lowest BCUT2D eigenvalue weighted by Gasteiger charge is -2.13. The highest BCUT2D eigenvalue weighted by molar-refractivity contribution is 9.10. The highest BCUT2D eigenvalue weighted by Gasteiger charge is 2.14. The quantitative estimate of drug-likeness (QED) is 0.875. The van der Waals surface area contributed by atoms with Gasteiger partial charge in [0, 0.05) is 15.1 Å². The zero-order chi connectivity index (χ0) is 12.4. The molecular formula is C13H9BrClFO. The Morgan fingerprint density at radius 2 is 1.94 bits per heavy atom. The maximum atomic E-state index is 13.1. The average molecular weight is 316 g/mol. The van der Waals surface area contributed by atoms with Gasteiger partial charge in [0.1, 0.15) is 11.9 Å². The molecule has 0 saturated heterocycles. The van der Waals surface area contributed by atoms with Crippen molar-refractivity contribution < 1.29 is 9.50 Å². The highest BCUT2D eigenvalue weighted by atomic mass is 79.9. The first-order chi connectivity index (χ1) is 8.08. The third-order valence-electron chi connectivity index (χ3n) is 2.42. The minimum absolute atomic E-state index is 0.385. The summed E-state index contributed by atoms with van der Waals surface area (Å²) >= 11 is 9.14. The molecule has 0 aromatic heterocycles. The fraction of sp³-hybridized carbons (Fsp3) is 0.0769. The third kappa shape index (κ3) is 2.86. The predicted octanol–water partition coefficient (Wildman–Crippen LogP) is 4.32. The zero-order valence-electron chi connectivity index (χ0n) is 8.70. The van der Waals surface area contributed by atoms with E-state index in [2.05, 4.69) is 15.9 Å². The van der Waals surface area contributed by atoms with Gasteiger partial charge in [0.25, 0.3) is 0 Å². The molecule has 0 spiro atoms. The molecule has 0 aliphatic carbocycles. The summed E-state index contributed by atoms with van der Waals surface area (Å²) in [4.78, 5) is 0. The van der Waals surface area contributed by atoms with Crippen LogP contribution in [0.5, 0.6) is 0 Å². The molecule has 0 aliphatic heterocycles. The first-order valence-electron chi connectivity index (χ1n) is 4.96. The maximum absolute atomic E-state index is 13.1. The molecule has 0 amide bonds. The van der Waals surface area contributed by atoms with Crippen LogP contribution in [0.1, 0.15) is 17.2 Å². The number of aliphatic hydroxyl groups is 1. The van der Waals surface area contributed by atoms with Gasteiger partial charge in [0.15, 0.2) is 0 Å². The Balaban J connectivity index is 2.43. The van der Waals surface area contributed by atoms with Crippen LogP contribution < -0.4 is 0 Å². The van der Waals surface area contributed by atoms with Crippen molar-refractivity contribution in [2.45, 2.75) is 6.10 Å². The third-order valence-corrected chi connectivity index (χ3v) is 3.37. The van der Waals surface area contributed by atoms with E-state index in [-0.39, 0.29) is 5.82 Å². The minimum atomic E-state index is -0.904. The van der Waals surface area contributed by atoms with Crippen LogP contribution in [0.15, 0.2) is 46.9 Å². The van der Waals surface area contributed by atoms with Gasteiger partial charge in [-0.3, -0.25) is 0 Å². The van der Waals surface area contributed by atoms with Gasteiger partial charge in [-0.1, -0.05) is 39.7 Å². The monoisotopic (exact) mass is 314 g/mol. The predicted molar refractivity (Wildman–Crippen MR) is 69.6 cm³/mol. The van der Waals surface area contributed by atoms with Crippen molar-refractivity contribution >= 4 is 27.5 Å². The Kier molecular flexibility index (Phi) is 3.82. The van der Waals surface area contributed by atoms with E-state index in [1.807, 2.05) is 0 Å². The molecule has 0 radical (unpaired) electrons. The second kappa shape index (κ2) is 5.17. The summed E-state index contributed by atoms with van der Waals surface area (Å²) < 4.78 is 13.8. The van der Waals surface area contributed by atoms with Crippen LogP contribution in [0.3, 0.4) is 0 Å². The maximum Gasteiger partial charge on any atom is 0.123 e. The molecule has 4 heteroatoms. The molecule has 1 atom stereocenters. The van der Waals surface area contributed by atoms with Crippen molar-refractivity contribution in [2.24, 2.45) is 0 Å². The Morgan fingerprint density at radius 1 is 1.18 bits per heavy atom. The summed E-state index contributed by atoms with van der Waals surface area (Å²) in [6.45, 7) is 0. The van der Waals surface area contributed by atoms with E-state index in [4.69, 9.17) is 11.6 Å². The van der Waals surface area contributed by atoms with Crippen LogP contribution in [0.2, 0.25) is 5.02 Å². The summed E-state index contributed by atoms with van der Waals surface area (Å²) in [6.07, 6.45) is -0.904. The Hall–Kier alpha value is -0.900. The molecule has 0 heterocycles. The molecule has 88 valence electrons. The fourth-order valence-corrected chi connectivity index (χ4v) is 2.24. The largest absolute Gasteiger partial charge is 0.384 e. The zero-order valence-corrected chi connectivity index (χ0v) is 11.0. The molecule has 2 aromatic carbocycles. The smallest absolute Gasteiger partial charge is 0.123 e. The molecule has 17 heavy (non-hydrogen) atoms. The standard InChI is InChI=1S/C13H9BrClFO/c14-12-5-4-10(16)7-11(12)13(17)8-2-1-3-9(15)6-8/h1-7,13,17H. The normalized spacial score (nSPS) is 12.5. The number of benzene rings is 2. The highest BCUT2D eigenvalue weighted by Crippen LogP contribution is 2.30. The van der Waals surface area contributed by atoms with Crippen LogP contribution in [-0.2, 0) is 0 Å². The summed E-state index contributed by atoms with van der Waals surface area (Å²) in [5.41, 5.74) is 1.11. The molecule has 2 aromatic rings. The number of hydrogen-bond acceptors (Lipinski definition) is 1. The van der Waals surface area contributed by atoms with Crippen LogP contribution in [-0.4, -0.2) is 5.11 Å². The lowest BCUT2D eigenvalue weighted by molar-refractivity contribution is 0.219. The SMILES string of the molecule is OC(c1cccc(Cl)c1)c1cc(F)ccc1Br. The van der Waals surface area contributed by atoms with Crippen LogP contribution in [0.25, 0.3) is 0 Å². The van der Waals surface area contributed by atoms with E-state index in [0.717, 1.165) is 0 Å². The number of halogens is 3. The van der Waals surface area contributed by atoms with Crippen LogP contribution >= 0.6 is 27.5 Å². The summed E-state index contributed by atoms with van der Waals surface area (Å²) in [5.74, 6) is -0.385. The van der Waals surface area contributed by atoms with E-state index in [9.17, 15) is 9.50 Å². The first-order valence-corrected chi connectivity index (χ1v) is 6.13. The number of rotatable bonds is 2. The molecular weight excluding hydrogens is 306 g/mol. The molecule has 1 N–H and O–H groups in total. The average Bonchev–Trinajstić information content (AvgIpc) is 2.31. The Bertz CT molecular complexity index is 545. The topological polar surface area (TPSA) is 20.2 Å². The van der Waals surface area contributed by atoms with Crippen molar-refractivity contribution in [3.8, 4) is 0 Å². The van der Waals surface area contributed by atoms with E-state index in [0.29, 0.717) is 20.6 Å². The minimum Gasteiger partial charge on any atom is -0.384 e. The van der Waals surface area contributed by atoms with Gasteiger partial charge >= 0.3 is 0 Å². The summed E-state index contributed by atoms with van der Waals surface area (Å²) in [5, 5.41) is 10.7. The van der Waals surface area contributed by atoms with Crippen molar-refractivity contribution in [1.29, 1.82) is 0 Å². The summed E-state index contributed by atoms with van der Waals surface area (Å²) in [6, 6.07) is 11.1. The van der Waals surface area contributed by atoms with Gasteiger partial charge in [-0.05, 0) is 35.9 Å². The number of aliphatic hydroxyl groups excluding tert-OH is 1. The van der Waals surface area contributed by atoms with E-state index in [1.54, 1.807) is 30.3 Å². The van der Waals surface area contributed by atoms with Crippen LogP contribution in [0.4, 0.5) is 4.39 Å². The number of hydrogen-bond donors (Lipinski definition) is 1. The van der Waals surface area contributed by atoms with Crippen molar-refractivity contribution in [1.82, 2.24) is 0 Å². The van der Waals surface area contributed by atoms with Crippen LogP contribution in [0, 0.1) is 5.82 Å². The van der Waals surface area contributed by atoms with Crippen molar-refractivity contribution in [3.05, 3.63) is 68.9 Å². The molecule has 0 fully saturated rings. The second-order valence-electron chi connectivity index (χ2n) is 3.62. The second-order valence-corrected chi connectivity index (χ2v) is 4.91. The van der Waals surface area contributed by atoms with E-state index < -0.39 is 6.10 Å². The van der Waals surface area contributed by atoms with Gasteiger partial charge in [-0.15, -0.1) is 0 Å². The molecule has 1 nitrogen and oxygen atoms in total. The molecule has 0 bridgehead atoms. The van der Waals surface area contributed by atoms with Gasteiger partial charge in [0.05, 0.1) is 0 Å².